The Morgan fingerprint density at radius 3 is 2.90 bits per heavy atom. The molecule has 0 radical (unpaired) electrons. The summed E-state index contributed by atoms with van der Waals surface area (Å²) in [6.07, 6.45) is 2.60. The Morgan fingerprint density at radius 1 is 1.40 bits per heavy atom. The molecule has 0 aliphatic carbocycles. The van der Waals surface area contributed by atoms with Gasteiger partial charge in [-0.15, -0.1) is 0 Å². The summed E-state index contributed by atoms with van der Waals surface area (Å²) in [6, 6.07) is 8.83. The Balaban J connectivity index is 2.15. The summed E-state index contributed by atoms with van der Waals surface area (Å²) in [7, 11) is 0. The van der Waals surface area contributed by atoms with Gasteiger partial charge in [-0.1, -0.05) is 19.1 Å². The molecule has 1 fully saturated rings. The van der Waals surface area contributed by atoms with Crippen LogP contribution in [0, 0.1) is 5.92 Å². The van der Waals surface area contributed by atoms with Crippen LogP contribution in [-0.2, 0) is 4.74 Å². The topological polar surface area (TPSA) is 30.5 Å². The lowest BCUT2D eigenvalue weighted by Crippen LogP contribution is -2.33. The number of hydrogen-bond donors (Lipinski definition) is 1. The minimum atomic E-state index is 0.209. The normalized spacial score (nSPS) is 20.9. The zero-order valence-electron chi connectivity index (χ0n) is 12.9. The van der Waals surface area contributed by atoms with Gasteiger partial charge in [0.1, 0.15) is 5.75 Å². The van der Waals surface area contributed by atoms with Crippen molar-refractivity contribution in [1.29, 1.82) is 0 Å². The van der Waals surface area contributed by atoms with Gasteiger partial charge >= 0.3 is 0 Å². The molecule has 3 heteroatoms. The van der Waals surface area contributed by atoms with Crippen LogP contribution in [0.15, 0.2) is 24.3 Å². The van der Waals surface area contributed by atoms with Crippen LogP contribution in [0.4, 0.5) is 0 Å². The molecule has 1 N–H and O–H groups in total. The van der Waals surface area contributed by atoms with Crippen LogP contribution in [0.25, 0.3) is 0 Å². The molecular weight excluding hydrogens is 250 g/mol. The van der Waals surface area contributed by atoms with Gasteiger partial charge in [-0.3, -0.25) is 0 Å². The van der Waals surface area contributed by atoms with E-state index < -0.39 is 0 Å². The third kappa shape index (κ3) is 4.22. The molecule has 0 saturated carbocycles. The van der Waals surface area contributed by atoms with Gasteiger partial charge in [-0.05, 0) is 50.9 Å². The van der Waals surface area contributed by atoms with Gasteiger partial charge in [-0.25, -0.2) is 0 Å². The van der Waals surface area contributed by atoms with Crippen molar-refractivity contribution in [3.8, 4) is 5.75 Å². The third-order valence-electron chi connectivity index (χ3n) is 3.68. The average Bonchev–Trinajstić information content (AvgIpc) is 2.45. The number of rotatable bonds is 6. The minimum Gasteiger partial charge on any atom is -0.491 e. The molecule has 112 valence electrons. The molecule has 2 atom stereocenters. The van der Waals surface area contributed by atoms with Crippen molar-refractivity contribution in [2.45, 2.75) is 45.8 Å². The van der Waals surface area contributed by atoms with E-state index in [-0.39, 0.29) is 6.10 Å². The maximum atomic E-state index is 5.81. The monoisotopic (exact) mass is 277 g/mol. The number of hydrogen-bond acceptors (Lipinski definition) is 3. The standard InChI is InChI=1S/C17H27NO2/c1-4-18-17(15-8-6-10-19-12-15)14-7-5-9-16(11-14)20-13(2)3/h5,7,9,11,13,15,17-18H,4,6,8,10,12H2,1-3H3. The summed E-state index contributed by atoms with van der Waals surface area (Å²) in [5.41, 5.74) is 1.31. The van der Waals surface area contributed by atoms with Gasteiger partial charge in [-0.2, -0.15) is 0 Å². The molecule has 1 saturated heterocycles. The summed E-state index contributed by atoms with van der Waals surface area (Å²) in [6.45, 7) is 9.01. The van der Waals surface area contributed by atoms with Gasteiger partial charge in [0, 0.05) is 18.6 Å². The van der Waals surface area contributed by atoms with Gasteiger partial charge in [0.25, 0.3) is 0 Å². The molecule has 1 aromatic carbocycles. The largest absolute Gasteiger partial charge is 0.491 e. The van der Waals surface area contributed by atoms with Crippen molar-refractivity contribution in [2.75, 3.05) is 19.8 Å². The Bertz CT molecular complexity index is 400. The Labute approximate surface area is 122 Å². The van der Waals surface area contributed by atoms with Crippen molar-refractivity contribution in [3.63, 3.8) is 0 Å². The van der Waals surface area contributed by atoms with Crippen LogP contribution in [0.3, 0.4) is 0 Å². The summed E-state index contributed by atoms with van der Waals surface area (Å²) in [5, 5.41) is 3.61. The van der Waals surface area contributed by atoms with Crippen LogP contribution in [0.2, 0.25) is 0 Å². The van der Waals surface area contributed by atoms with Crippen molar-refractivity contribution in [3.05, 3.63) is 29.8 Å². The Morgan fingerprint density at radius 2 is 2.25 bits per heavy atom. The fourth-order valence-electron chi connectivity index (χ4n) is 2.86. The number of benzene rings is 1. The van der Waals surface area contributed by atoms with E-state index in [0.29, 0.717) is 12.0 Å². The highest BCUT2D eigenvalue weighted by Gasteiger charge is 2.25. The number of ether oxygens (including phenoxy) is 2. The lowest BCUT2D eigenvalue weighted by Gasteiger charge is -2.31. The minimum absolute atomic E-state index is 0.209. The molecule has 3 nitrogen and oxygen atoms in total. The third-order valence-corrected chi connectivity index (χ3v) is 3.68. The van der Waals surface area contributed by atoms with E-state index in [4.69, 9.17) is 9.47 Å². The average molecular weight is 277 g/mol. The van der Waals surface area contributed by atoms with Crippen molar-refractivity contribution >= 4 is 0 Å². The van der Waals surface area contributed by atoms with Gasteiger partial charge < -0.3 is 14.8 Å². The predicted molar refractivity (Wildman–Crippen MR) is 82.2 cm³/mol. The first-order chi connectivity index (χ1) is 9.70. The van der Waals surface area contributed by atoms with Crippen LogP contribution in [-0.4, -0.2) is 25.9 Å². The van der Waals surface area contributed by atoms with E-state index >= 15 is 0 Å². The second-order valence-corrected chi connectivity index (χ2v) is 5.75. The smallest absolute Gasteiger partial charge is 0.120 e. The highest BCUT2D eigenvalue weighted by Crippen LogP contribution is 2.30. The first kappa shape index (κ1) is 15.3. The zero-order valence-corrected chi connectivity index (χ0v) is 12.9. The molecule has 1 heterocycles. The maximum Gasteiger partial charge on any atom is 0.120 e. The fourth-order valence-corrected chi connectivity index (χ4v) is 2.86. The highest BCUT2D eigenvalue weighted by atomic mass is 16.5. The Hall–Kier alpha value is -1.06. The van der Waals surface area contributed by atoms with Crippen molar-refractivity contribution in [1.82, 2.24) is 5.32 Å². The van der Waals surface area contributed by atoms with E-state index in [1.807, 2.05) is 6.07 Å². The first-order valence-electron chi connectivity index (χ1n) is 7.78. The summed E-state index contributed by atoms with van der Waals surface area (Å²) in [4.78, 5) is 0. The van der Waals surface area contributed by atoms with Crippen LogP contribution < -0.4 is 10.1 Å². The highest BCUT2D eigenvalue weighted by molar-refractivity contribution is 5.31. The number of nitrogens with one attached hydrogen (secondary N) is 1. The molecule has 0 amide bonds. The summed E-state index contributed by atoms with van der Waals surface area (Å²) >= 11 is 0. The second-order valence-electron chi connectivity index (χ2n) is 5.75. The van der Waals surface area contributed by atoms with E-state index in [1.165, 1.54) is 12.0 Å². The zero-order chi connectivity index (χ0) is 14.4. The van der Waals surface area contributed by atoms with Crippen LogP contribution in [0.5, 0.6) is 5.75 Å². The van der Waals surface area contributed by atoms with E-state index in [0.717, 1.165) is 31.9 Å². The lowest BCUT2D eigenvalue weighted by molar-refractivity contribution is 0.0392. The van der Waals surface area contributed by atoms with E-state index in [9.17, 15) is 0 Å². The van der Waals surface area contributed by atoms with Gasteiger partial charge in [0.15, 0.2) is 0 Å². The summed E-state index contributed by atoms with van der Waals surface area (Å²) in [5.74, 6) is 1.51. The van der Waals surface area contributed by atoms with Gasteiger partial charge in [0.05, 0.1) is 12.7 Å². The van der Waals surface area contributed by atoms with E-state index in [2.05, 4.69) is 44.3 Å². The molecule has 1 aliphatic rings. The molecule has 0 bridgehead atoms. The lowest BCUT2D eigenvalue weighted by atomic mass is 9.88. The van der Waals surface area contributed by atoms with Gasteiger partial charge in [0.2, 0.25) is 0 Å². The summed E-state index contributed by atoms with van der Waals surface area (Å²) < 4.78 is 11.5. The predicted octanol–water partition coefficient (Wildman–Crippen LogP) is 3.55. The second kappa shape index (κ2) is 7.65. The van der Waals surface area contributed by atoms with Crippen LogP contribution >= 0.6 is 0 Å². The molecule has 1 aliphatic heterocycles. The molecule has 1 aromatic rings. The quantitative estimate of drug-likeness (QED) is 0.862. The molecular formula is C17H27NO2. The van der Waals surface area contributed by atoms with Crippen molar-refractivity contribution < 1.29 is 9.47 Å². The fraction of sp³-hybridized carbons (Fsp3) is 0.647. The molecule has 0 aromatic heterocycles. The molecule has 2 rings (SSSR count). The molecule has 2 unspecified atom stereocenters. The van der Waals surface area contributed by atoms with Crippen LogP contribution in [0.1, 0.15) is 45.2 Å². The molecule has 20 heavy (non-hydrogen) atoms. The molecule has 0 spiro atoms. The Kier molecular flexibility index (Phi) is 5.86. The SMILES string of the molecule is CCNC(c1cccc(OC(C)C)c1)C1CCCOC1. The van der Waals surface area contributed by atoms with Crippen molar-refractivity contribution in [2.24, 2.45) is 5.92 Å². The maximum absolute atomic E-state index is 5.81. The van der Waals surface area contributed by atoms with E-state index in [1.54, 1.807) is 0 Å². The first-order valence-corrected chi connectivity index (χ1v) is 7.78.